The number of nitrogens with one attached hydrogen (secondary N) is 3. The molecule has 1 atom stereocenters. The van der Waals surface area contributed by atoms with Gasteiger partial charge in [0.05, 0.1) is 11.4 Å². The maximum atomic E-state index is 14.4. The molecule has 2 aromatic rings. The number of terminal acetylenes is 1. The fourth-order valence-electron chi connectivity index (χ4n) is 2.93. The zero-order valence-corrected chi connectivity index (χ0v) is 19.4. The van der Waals surface area contributed by atoms with Gasteiger partial charge < -0.3 is 15.4 Å². The highest BCUT2D eigenvalue weighted by molar-refractivity contribution is 7.90. The van der Waals surface area contributed by atoms with E-state index in [1.165, 1.54) is 6.07 Å². The molecule has 1 aliphatic heterocycles. The maximum Gasteiger partial charge on any atom is 0.264 e. The maximum absolute atomic E-state index is 14.4. The molecular weight excluding hydrogens is 461 g/mol. The number of alkyl halides is 1. The Morgan fingerprint density at radius 2 is 1.91 bits per heavy atom. The largest absolute Gasteiger partial charge is 0.481 e. The van der Waals surface area contributed by atoms with Crippen molar-refractivity contribution < 1.29 is 22.3 Å². The van der Waals surface area contributed by atoms with Crippen LogP contribution in [0.2, 0.25) is 0 Å². The number of aliphatic imine (C=N–C) groups is 2. The Bertz CT molecular complexity index is 1270. The molecule has 9 nitrogen and oxygen atoms in total. The fraction of sp³-hybridized carbons (Fsp3) is 0.261. The van der Waals surface area contributed by atoms with Gasteiger partial charge >= 0.3 is 0 Å². The molecule has 0 fully saturated rings. The van der Waals surface area contributed by atoms with Crippen molar-refractivity contribution in [3.05, 3.63) is 48.0 Å². The Hall–Kier alpha value is -3.91. The quantitative estimate of drug-likeness (QED) is 0.519. The van der Waals surface area contributed by atoms with E-state index in [0.717, 1.165) is 0 Å². The highest BCUT2D eigenvalue weighted by Gasteiger charge is 2.22. The summed E-state index contributed by atoms with van der Waals surface area (Å²) in [5.74, 6) is 2.49. The highest BCUT2D eigenvalue weighted by Crippen LogP contribution is 2.21. The van der Waals surface area contributed by atoms with Crippen molar-refractivity contribution in [1.82, 2.24) is 4.72 Å². The van der Waals surface area contributed by atoms with E-state index in [2.05, 4.69) is 26.5 Å². The molecule has 11 heteroatoms. The lowest BCUT2D eigenvalue weighted by molar-refractivity contribution is -0.119. The highest BCUT2D eigenvalue weighted by atomic mass is 32.2. The van der Waals surface area contributed by atoms with Crippen LogP contribution in [0.15, 0.2) is 57.3 Å². The summed E-state index contributed by atoms with van der Waals surface area (Å²) in [5.41, 5.74) is 1.41. The van der Waals surface area contributed by atoms with Crippen LogP contribution in [-0.4, -0.2) is 45.4 Å². The third kappa shape index (κ3) is 6.32. The van der Waals surface area contributed by atoms with Gasteiger partial charge in [-0.2, -0.15) is 4.99 Å². The lowest BCUT2D eigenvalue weighted by atomic mass is 10.2. The molecule has 0 aliphatic carbocycles. The van der Waals surface area contributed by atoms with Crippen LogP contribution in [0, 0.1) is 19.3 Å². The smallest absolute Gasteiger partial charge is 0.264 e. The van der Waals surface area contributed by atoms with Gasteiger partial charge in [-0.15, -0.1) is 6.42 Å². The average molecular weight is 486 g/mol. The summed E-state index contributed by atoms with van der Waals surface area (Å²) in [4.78, 5) is 19.8. The van der Waals surface area contributed by atoms with Gasteiger partial charge in [-0.05, 0) is 48.9 Å². The van der Waals surface area contributed by atoms with Gasteiger partial charge in [-0.25, -0.2) is 22.5 Å². The minimum absolute atomic E-state index is 0.0303. The van der Waals surface area contributed by atoms with E-state index < -0.39 is 22.1 Å². The average Bonchev–Trinajstić information content (AvgIpc) is 2.81. The van der Waals surface area contributed by atoms with Crippen molar-refractivity contribution in [2.75, 3.05) is 23.8 Å². The van der Waals surface area contributed by atoms with Crippen molar-refractivity contribution in [2.45, 2.75) is 31.3 Å². The number of carbonyl (C=O) groups excluding carboxylic acids is 1. The lowest BCUT2D eigenvalue weighted by Gasteiger charge is -2.19. The molecule has 0 spiro atoms. The standard InChI is InChI=1S/C23H24FN5O4S/c1-4-12-33-18-10-8-16(9-11-18)26-22-19(24)14-25-23(28-22)27-17-7-6-15(3)20(13-17)34(31,32)29-21(30)5-2/h1,6-11,13,19H,5,12,14H2,2-3H3,(H,29,30)(H2,25,26,27,28). The molecule has 2 aromatic carbocycles. The summed E-state index contributed by atoms with van der Waals surface area (Å²) < 4.78 is 46.9. The van der Waals surface area contributed by atoms with Crippen LogP contribution in [0.3, 0.4) is 0 Å². The normalized spacial score (nSPS) is 15.4. The second kappa shape index (κ2) is 10.8. The minimum atomic E-state index is -4.04. The number of amides is 1. The van der Waals surface area contributed by atoms with Crippen LogP contribution < -0.4 is 20.1 Å². The van der Waals surface area contributed by atoms with E-state index in [0.29, 0.717) is 22.7 Å². The minimum Gasteiger partial charge on any atom is -0.481 e. The van der Waals surface area contributed by atoms with Crippen molar-refractivity contribution >= 4 is 39.1 Å². The number of rotatable bonds is 7. The van der Waals surface area contributed by atoms with Crippen LogP contribution in [-0.2, 0) is 14.8 Å². The Morgan fingerprint density at radius 3 is 2.59 bits per heavy atom. The van der Waals surface area contributed by atoms with Crippen LogP contribution in [0.4, 0.5) is 15.8 Å². The summed E-state index contributed by atoms with van der Waals surface area (Å²) in [6.07, 6.45) is 3.75. The summed E-state index contributed by atoms with van der Waals surface area (Å²) >= 11 is 0. The first-order valence-electron chi connectivity index (χ1n) is 10.4. The van der Waals surface area contributed by atoms with E-state index in [-0.39, 0.29) is 36.3 Å². The first-order valence-corrected chi connectivity index (χ1v) is 11.8. The second-order valence-corrected chi connectivity index (χ2v) is 8.91. The number of sulfonamides is 1. The topological polar surface area (TPSA) is 121 Å². The molecule has 0 saturated heterocycles. The molecule has 0 saturated carbocycles. The van der Waals surface area contributed by atoms with Gasteiger partial charge in [-0.1, -0.05) is 18.9 Å². The van der Waals surface area contributed by atoms with Crippen molar-refractivity contribution in [3.8, 4) is 18.1 Å². The molecule has 3 N–H and O–H groups in total. The predicted molar refractivity (Wildman–Crippen MR) is 129 cm³/mol. The monoisotopic (exact) mass is 485 g/mol. The fourth-order valence-corrected chi connectivity index (χ4v) is 4.26. The Morgan fingerprint density at radius 1 is 1.21 bits per heavy atom. The van der Waals surface area contributed by atoms with E-state index in [1.54, 1.807) is 50.2 Å². The molecule has 178 valence electrons. The first kappa shape index (κ1) is 24.7. The van der Waals surface area contributed by atoms with Crippen molar-refractivity contribution in [1.29, 1.82) is 0 Å². The zero-order chi connectivity index (χ0) is 24.7. The van der Waals surface area contributed by atoms with Crippen LogP contribution in [0.25, 0.3) is 0 Å². The molecule has 0 radical (unpaired) electrons. The number of ether oxygens (including phenoxy) is 1. The molecule has 1 aliphatic rings. The van der Waals surface area contributed by atoms with Gasteiger partial charge in [0.1, 0.15) is 18.2 Å². The number of benzene rings is 2. The number of anilines is 2. The Kier molecular flexibility index (Phi) is 7.86. The van der Waals surface area contributed by atoms with E-state index in [1.807, 2.05) is 4.72 Å². The molecule has 1 heterocycles. The summed E-state index contributed by atoms with van der Waals surface area (Å²) in [5, 5.41) is 5.81. The molecule has 0 bridgehead atoms. The van der Waals surface area contributed by atoms with Gasteiger partial charge in [0.15, 0.2) is 6.17 Å². The summed E-state index contributed by atoms with van der Waals surface area (Å²) in [6, 6.07) is 11.4. The number of hydrogen-bond donors (Lipinski definition) is 3. The third-order valence-corrected chi connectivity index (χ3v) is 6.19. The Balaban J connectivity index is 1.76. The molecule has 34 heavy (non-hydrogen) atoms. The molecule has 3 rings (SSSR count). The summed E-state index contributed by atoms with van der Waals surface area (Å²) in [6.45, 7) is 3.15. The van der Waals surface area contributed by atoms with Gasteiger partial charge in [0.2, 0.25) is 11.9 Å². The van der Waals surface area contributed by atoms with Gasteiger partial charge in [0, 0.05) is 17.8 Å². The third-order valence-electron chi connectivity index (χ3n) is 4.68. The Labute approximate surface area is 197 Å². The number of amidine groups is 1. The number of nitrogens with zero attached hydrogens (tertiary/aromatic N) is 2. The van der Waals surface area contributed by atoms with Crippen molar-refractivity contribution in [3.63, 3.8) is 0 Å². The molecule has 1 amide bonds. The molecule has 0 aromatic heterocycles. The predicted octanol–water partition coefficient (Wildman–Crippen LogP) is 2.85. The number of hydrogen-bond acceptors (Lipinski definition) is 8. The SMILES string of the molecule is C#CCOc1ccc(NC2=NC(Nc3ccc(C)c(S(=O)(=O)NC(=O)CC)c3)=NCC2F)cc1. The van der Waals surface area contributed by atoms with Crippen molar-refractivity contribution in [2.24, 2.45) is 9.98 Å². The van der Waals surface area contributed by atoms with Crippen LogP contribution in [0.5, 0.6) is 5.75 Å². The lowest BCUT2D eigenvalue weighted by Crippen LogP contribution is -2.33. The van der Waals surface area contributed by atoms with E-state index >= 15 is 0 Å². The number of carbonyl (C=O) groups is 1. The summed E-state index contributed by atoms with van der Waals surface area (Å²) in [7, 11) is -4.04. The van der Waals surface area contributed by atoms with Crippen LogP contribution >= 0.6 is 0 Å². The number of aryl methyl sites for hydroxylation is 1. The molecule has 1 unspecified atom stereocenters. The van der Waals surface area contributed by atoms with E-state index in [4.69, 9.17) is 11.2 Å². The number of halogens is 1. The van der Waals surface area contributed by atoms with Crippen LogP contribution in [0.1, 0.15) is 18.9 Å². The van der Waals surface area contributed by atoms with E-state index in [9.17, 15) is 17.6 Å². The van der Waals surface area contributed by atoms with Gasteiger partial charge in [0.25, 0.3) is 10.0 Å². The zero-order valence-electron chi connectivity index (χ0n) is 18.6. The first-order chi connectivity index (χ1) is 16.2. The molecular formula is C23H24FN5O4S. The number of guanidine groups is 1. The second-order valence-electron chi connectivity index (χ2n) is 7.26. The van der Waals surface area contributed by atoms with Gasteiger partial charge in [-0.3, -0.25) is 4.79 Å².